The minimum Gasteiger partial charge on any atom is -0.465 e. The summed E-state index contributed by atoms with van der Waals surface area (Å²) in [4.78, 5) is 46.3. The SMILES string of the molecule is COC(=O)c1sc2nc(C[NH+](C)CC(=O)N(C)C)[nH]c(=O)c2c1C. The Kier molecular flexibility index (Phi) is 5.35. The van der Waals surface area contributed by atoms with Crippen molar-refractivity contribution in [3.8, 4) is 0 Å². The van der Waals surface area contributed by atoms with Crippen LogP contribution in [0.25, 0.3) is 10.2 Å². The Morgan fingerprint density at radius 3 is 2.62 bits per heavy atom. The number of carbonyl (C=O) groups excluding carboxylic acids is 2. The topological polar surface area (TPSA) is 96.8 Å². The third-order valence-corrected chi connectivity index (χ3v) is 4.81. The van der Waals surface area contributed by atoms with E-state index < -0.39 is 5.97 Å². The zero-order valence-corrected chi connectivity index (χ0v) is 15.2. The van der Waals surface area contributed by atoms with Crippen molar-refractivity contribution in [3.05, 3.63) is 26.6 Å². The number of aromatic nitrogens is 2. The molecular weight excluding hydrogens is 332 g/mol. The average Bonchev–Trinajstić information content (AvgIpc) is 2.83. The number of aryl methyl sites for hydroxylation is 1. The maximum Gasteiger partial charge on any atom is 0.348 e. The van der Waals surface area contributed by atoms with E-state index in [-0.39, 0.29) is 11.5 Å². The van der Waals surface area contributed by atoms with Crippen molar-refractivity contribution in [2.24, 2.45) is 0 Å². The average molecular weight is 353 g/mol. The number of hydrogen-bond donors (Lipinski definition) is 2. The van der Waals surface area contributed by atoms with Crippen LogP contribution in [0, 0.1) is 6.92 Å². The van der Waals surface area contributed by atoms with Crippen LogP contribution in [0.15, 0.2) is 4.79 Å². The summed E-state index contributed by atoms with van der Waals surface area (Å²) < 4.78 is 4.73. The van der Waals surface area contributed by atoms with Gasteiger partial charge in [-0.3, -0.25) is 9.59 Å². The van der Waals surface area contributed by atoms with Gasteiger partial charge in [0.1, 0.15) is 16.3 Å². The Hall–Kier alpha value is -2.26. The van der Waals surface area contributed by atoms with E-state index in [0.717, 1.165) is 16.2 Å². The number of H-pyrrole nitrogens is 1. The van der Waals surface area contributed by atoms with Gasteiger partial charge in [0.15, 0.2) is 12.4 Å². The number of fused-ring (bicyclic) bond motifs is 1. The first-order valence-corrected chi connectivity index (χ1v) is 8.18. The molecular formula is C15H21N4O4S+. The molecule has 0 aliphatic rings. The fraction of sp³-hybridized carbons (Fsp3) is 0.467. The first-order chi connectivity index (χ1) is 11.2. The normalized spacial score (nSPS) is 12.2. The molecule has 2 N–H and O–H groups in total. The number of nitrogens with zero attached hydrogens (tertiary/aromatic N) is 2. The Bertz CT molecular complexity index is 840. The molecule has 0 fully saturated rings. The lowest BCUT2D eigenvalue weighted by Crippen LogP contribution is -3.09. The number of carbonyl (C=O) groups is 2. The van der Waals surface area contributed by atoms with Gasteiger partial charge in [-0.2, -0.15) is 0 Å². The van der Waals surface area contributed by atoms with Gasteiger partial charge in [-0.25, -0.2) is 9.78 Å². The molecule has 0 aliphatic carbocycles. The summed E-state index contributed by atoms with van der Waals surface area (Å²) in [6.07, 6.45) is 0. The predicted molar refractivity (Wildman–Crippen MR) is 90.5 cm³/mol. The highest BCUT2D eigenvalue weighted by atomic mass is 32.1. The fourth-order valence-electron chi connectivity index (χ4n) is 2.32. The zero-order chi connectivity index (χ0) is 18.0. The molecule has 2 rings (SSSR count). The van der Waals surface area contributed by atoms with Gasteiger partial charge in [-0.1, -0.05) is 0 Å². The van der Waals surface area contributed by atoms with Crippen LogP contribution in [0.5, 0.6) is 0 Å². The van der Waals surface area contributed by atoms with Crippen LogP contribution in [0.4, 0.5) is 0 Å². The molecule has 2 aromatic rings. The monoisotopic (exact) mass is 353 g/mol. The minimum atomic E-state index is -0.476. The molecule has 0 aliphatic heterocycles. The molecule has 2 heterocycles. The largest absolute Gasteiger partial charge is 0.465 e. The van der Waals surface area contributed by atoms with Crippen molar-refractivity contribution >= 4 is 33.4 Å². The van der Waals surface area contributed by atoms with E-state index in [9.17, 15) is 14.4 Å². The number of nitrogens with one attached hydrogen (secondary N) is 2. The Balaban J connectivity index is 2.32. The van der Waals surface area contributed by atoms with Crippen LogP contribution in [-0.2, 0) is 16.1 Å². The van der Waals surface area contributed by atoms with Gasteiger partial charge in [0.2, 0.25) is 0 Å². The van der Waals surface area contributed by atoms with Gasteiger partial charge in [-0.15, -0.1) is 11.3 Å². The highest BCUT2D eigenvalue weighted by Gasteiger charge is 2.21. The molecule has 0 saturated heterocycles. The lowest BCUT2D eigenvalue weighted by molar-refractivity contribution is -0.886. The molecule has 130 valence electrons. The molecule has 8 nitrogen and oxygen atoms in total. The lowest BCUT2D eigenvalue weighted by atomic mass is 10.2. The second kappa shape index (κ2) is 7.10. The molecule has 0 saturated carbocycles. The zero-order valence-electron chi connectivity index (χ0n) is 14.3. The Morgan fingerprint density at radius 1 is 1.38 bits per heavy atom. The van der Waals surface area contributed by atoms with Gasteiger partial charge in [0, 0.05) is 14.1 Å². The van der Waals surface area contributed by atoms with Gasteiger partial charge in [-0.05, 0) is 12.5 Å². The molecule has 1 amide bonds. The summed E-state index contributed by atoms with van der Waals surface area (Å²) in [6, 6.07) is 0. The van der Waals surface area contributed by atoms with Crippen LogP contribution < -0.4 is 10.5 Å². The van der Waals surface area contributed by atoms with E-state index in [0.29, 0.717) is 39.6 Å². The van der Waals surface area contributed by atoms with Gasteiger partial charge in [0.25, 0.3) is 11.5 Å². The molecule has 1 atom stereocenters. The summed E-state index contributed by atoms with van der Waals surface area (Å²) in [7, 11) is 6.55. The number of amides is 1. The molecule has 0 spiro atoms. The van der Waals surface area contributed by atoms with Crippen molar-refractivity contribution in [2.75, 3.05) is 34.8 Å². The van der Waals surface area contributed by atoms with Gasteiger partial charge in [0.05, 0.1) is 19.5 Å². The lowest BCUT2D eigenvalue weighted by Gasteiger charge is -2.15. The predicted octanol–water partition coefficient (Wildman–Crippen LogP) is -0.817. The molecule has 0 aromatic carbocycles. The van der Waals surface area contributed by atoms with Gasteiger partial charge < -0.3 is 19.5 Å². The summed E-state index contributed by atoms with van der Waals surface area (Å²) in [5.41, 5.74) is 0.288. The maximum absolute atomic E-state index is 12.3. The number of thiophene rings is 1. The number of methoxy groups -OCH3 is 1. The standard InChI is InChI=1S/C15H20N4O4S/c1-8-11-13(21)16-9(6-19(4)7-10(20)18(2)3)17-14(11)24-12(8)15(22)23-5/h6-7H2,1-5H3,(H,16,17,21)/p+1. The number of likely N-dealkylation sites (N-methyl/N-ethyl adjacent to an activating group) is 2. The number of hydrogen-bond acceptors (Lipinski definition) is 6. The summed E-state index contributed by atoms with van der Waals surface area (Å²) in [6.45, 7) is 2.40. The van der Waals surface area contributed by atoms with Crippen molar-refractivity contribution in [3.63, 3.8) is 0 Å². The van der Waals surface area contributed by atoms with Crippen molar-refractivity contribution in [1.82, 2.24) is 14.9 Å². The summed E-state index contributed by atoms with van der Waals surface area (Å²) in [5.74, 6) is 0.000801. The maximum atomic E-state index is 12.3. The number of aromatic amines is 1. The first-order valence-electron chi connectivity index (χ1n) is 7.36. The van der Waals surface area contributed by atoms with Crippen LogP contribution in [0.2, 0.25) is 0 Å². The number of ether oxygens (including phenoxy) is 1. The van der Waals surface area contributed by atoms with Crippen LogP contribution in [0.1, 0.15) is 21.1 Å². The van der Waals surface area contributed by atoms with E-state index in [2.05, 4.69) is 9.97 Å². The minimum absolute atomic E-state index is 0.00382. The Morgan fingerprint density at radius 2 is 2.04 bits per heavy atom. The number of quaternary nitrogens is 1. The van der Waals surface area contributed by atoms with E-state index in [1.165, 1.54) is 12.0 Å². The van der Waals surface area contributed by atoms with Crippen molar-refractivity contribution in [1.29, 1.82) is 0 Å². The molecule has 9 heteroatoms. The molecule has 1 unspecified atom stereocenters. The van der Waals surface area contributed by atoms with Crippen LogP contribution in [-0.4, -0.2) is 61.5 Å². The van der Waals surface area contributed by atoms with Crippen molar-refractivity contribution in [2.45, 2.75) is 13.5 Å². The second-order valence-corrected chi connectivity index (χ2v) is 6.84. The molecule has 2 aromatic heterocycles. The van der Waals surface area contributed by atoms with Crippen LogP contribution in [0.3, 0.4) is 0 Å². The highest BCUT2D eigenvalue weighted by Crippen LogP contribution is 2.27. The quantitative estimate of drug-likeness (QED) is 0.685. The number of esters is 1. The molecule has 0 radical (unpaired) electrons. The molecule has 24 heavy (non-hydrogen) atoms. The third kappa shape index (κ3) is 3.62. The van der Waals surface area contributed by atoms with E-state index >= 15 is 0 Å². The van der Waals surface area contributed by atoms with E-state index in [1.54, 1.807) is 21.0 Å². The number of rotatable bonds is 5. The molecule has 0 bridgehead atoms. The fourth-order valence-corrected chi connectivity index (χ4v) is 3.44. The van der Waals surface area contributed by atoms with E-state index in [1.807, 2.05) is 7.05 Å². The summed E-state index contributed by atoms with van der Waals surface area (Å²) in [5, 5.41) is 0.408. The summed E-state index contributed by atoms with van der Waals surface area (Å²) >= 11 is 1.14. The first kappa shape index (κ1) is 18.1. The van der Waals surface area contributed by atoms with E-state index in [4.69, 9.17) is 4.74 Å². The van der Waals surface area contributed by atoms with Gasteiger partial charge >= 0.3 is 5.97 Å². The Labute approximate surface area is 143 Å². The second-order valence-electron chi connectivity index (χ2n) is 5.84. The van der Waals surface area contributed by atoms with Crippen LogP contribution >= 0.6 is 11.3 Å². The third-order valence-electron chi connectivity index (χ3n) is 3.64. The highest BCUT2D eigenvalue weighted by molar-refractivity contribution is 7.20. The smallest absolute Gasteiger partial charge is 0.348 e. The van der Waals surface area contributed by atoms with Crippen molar-refractivity contribution < 1.29 is 19.2 Å².